The molecule has 0 aliphatic heterocycles. The van der Waals surface area contributed by atoms with Gasteiger partial charge in [0.2, 0.25) is 0 Å². The van der Waals surface area contributed by atoms with Gasteiger partial charge in [0.05, 0.1) is 6.07 Å². The van der Waals surface area contributed by atoms with Gasteiger partial charge in [-0.05, 0) is 30.4 Å². The highest BCUT2D eigenvalue weighted by Crippen LogP contribution is 2.36. The van der Waals surface area contributed by atoms with E-state index >= 15 is 0 Å². The summed E-state index contributed by atoms with van der Waals surface area (Å²) in [7, 11) is 0. The van der Waals surface area contributed by atoms with Crippen molar-refractivity contribution < 1.29 is 0 Å². The van der Waals surface area contributed by atoms with Crippen LogP contribution < -0.4 is 0 Å². The lowest BCUT2D eigenvalue weighted by Crippen LogP contribution is -2.25. The Labute approximate surface area is 165 Å². The average molecular weight is 358 g/mol. The van der Waals surface area contributed by atoms with Crippen LogP contribution in [0, 0.1) is 23.2 Å². The zero-order valence-corrected chi connectivity index (χ0v) is 16.6. The van der Waals surface area contributed by atoms with Gasteiger partial charge in [-0.2, -0.15) is 5.26 Å². The third-order valence-electron chi connectivity index (χ3n) is 5.11. The molecule has 2 aromatic rings. The van der Waals surface area contributed by atoms with Crippen molar-refractivity contribution in [3.05, 3.63) is 71.8 Å². The lowest BCUT2D eigenvalue weighted by molar-refractivity contribution is 0.547. The number of nitriles is 1. The van der Waals surface area contributed by atoms with E-state index in [1.807, 2.05) is 36.4 Å². The fraction of sp³-hybridized carbons (Fsp3) is 0.423. The molecule has 0 aromatic heterocycles. The second-order valence-electron chi connectivity index (χ2n) is 7.12. The fourth-order valence-electron chi connectivity index (χ4n) is 3.51. The van der Waals surface area contributed by atoms with Crippen molar-refractivity contribution >= 4 is 0 Å². The van der Waals surface area contributed by atoms with Crippen molar-refractivity contribution in [2.24, 2.45) is 0 Å². The third kappa shape index (κ3) is 6.30. The van der Waals surface area contributed by atoms with E-state index in [1.54, 1.807) is 0 Å². The molecule has 0 bridgehead atoms. The van der Waals surface area contributed by atoms with Crippen molar-refractivity contribution in [2.45, 2.75) is 70.1 Å². The molecule has 0 radical (unpaired) electrons. The molecule has 1 nitrogen and oxygen atoms in total. The fourth-order valence-corrected chi connectivity index (χ4v) is 3.51. The average Bonchev–Trinajstić information content (AvgIpc) is 2.74. The highest BCUT2D eigenvalue weighted by Gasteiger charge is 2.33. The van der Waals surface area contributed by atoms with Gasteiger partial charge in [0.15, 0.2) is 0 Å². The molecular weight excluding hydrogens is 326 g/mol. The summed E-state index contributed by atoms with van der Waals surface area (Å²) >= 11 is 0. The second-order valence-corrected chi connectivity index (χ2v) is 7.12. The summed E-state index contributed by atoms with van der Waals surface area (Å²) in [6, 6.07) is 23.0. The van der Waals surface area contributed by atoms with Gasteiger partial charge in [-0.1, -0.05) is 93.3 Å². The van der Waals surface area contributed by atoms with Crippen LogP contribution in [0.15, 0.2) is 60.7 Å². The molecule has 0 fully saturated rings. The van der Waals surface area contributed by atoms with Crippen molar-refractivity contribution in [3.8, 4) is 17.9 Å². The Kier molecular flexibility index (Phi) is 9.23. The van der Waals surface area contributed by atoms with Crippen molar-refractivity contribution in [1.29, 1.82) is 5.26 Å². The van der Waals surface area contributed by atoms with Crippen LogP contribution in [0.1, 0.15) is 75.8 Å². The van der Waals surface area contributed by atoms with E-state index in [2.05, 4.69) is 49.1 Å². The minimum atomic E-state index is -0.573. The maximum Gasteiger partial charge on any atom is 0.107 e. The predicted molar refractivity (Wildman–Crippen MR) is 114 cm³/mol. The molecule has 0 atom stereocenters. The summed E-state index contributed by atoms with van der Waals surface area (Å²) in [5.41, 5.74) is 1.59. The Morgan fingerprint density at radius 2 is 1.22 bits per heavy atom. The summed E-state index contributed by atoms with van der Waals surface area (Å²) in [6.07, 6.45) is 9.94. The van der Waals surface area contributed by atoms with Crippen LogP contribution >= 0.6 is 0 Å². The number of benzene rings is 2. The predicted octanol–water partition coefficient (Wildman–Crippen LogP) is 7.03. The minimum Gasteiger partial charge on any atom is -0.197 e. The largest absolute Gasteiger partial charge is 0.197 e. The van der Waals surface area contributed by atoms with Gasteiger partial charge >= 0.3 is 0 Å². The molecule has 1 heteroatoms. The van der Waals surface area contributed by atoms with Crippen molar-refractivity contribution in [3.63, 3.8) is 0 Å². The lowest BCUT2D eigenvalue weighted by Gasteiger charge is -2.28. The Balaban J connectivity index is 1.95. The molecule has 0 N–H and O–H groups in total. The Morgan fingerprint density at radius 1 is 0.704 bits per heavy atom. The van der Waals surface area contributed by atoms with Crippen molar-refractivity contribution in [1.82, 2.24) is 0 Å². The van der Waals surface area contributed by atoms with E-state index in [0.717, 1.165) is 43.2 Å². The molecular formula is C26H31N. The maximum absolute atomic E-state index is 10.1. The van der Waals surface area contributed by atoms with Crippen LogP contribution in [0.4, 0.5) is 0 Å². The van der Waals surface area contributed by atoms with E-state index in [4.69, 9.17) is 0 Å². The Hall–Kier alpha value is -2.51. The monoisotopic (exact) mass is 357 g/mol. The molecule has 2 rings (SSSR count). The first-order chi connectivity index (χ1) is 13.3. The van der Waals surface area contributed by atoms with Crippen LogP contribution in [-0.2, 0) is 5.41 Å². The lowest BCUT2D eigenvalue weighted by atomic mass is 9.72. The standard InChI is InChI=1S/C26H31N/c1-2-3-4-5-6-7-8-9-10-17-22-26(23-27,24-18-13-11-14-19-24)25-20-15-12-16-21-25/h11-16,18-21H,2-6,9-10,17,22H2,1H3. The quantitative estimate of drug-likeness (QED) is 0.331. The Morgan fingerprint density at radius 3 is 1.70 bits per heavy atom. The van der Waals surface area contributed by atoms with E-state index in [0.29, 0.717) is 0 Å². The smallest absolute Gasteiger partial charge is 0.107 e. The highest BCUT2D eigenvalue weighted by atomic mass is 14.4. The summed E-state index contributed by atoms with van der Waals surface area (Å²) < 4.78 is 0. The number of rotatable bonds is 10. The number of nitrogens with zero attached hydrogens (tertiary/aromatic N) is 1. The summed E-state index contributed by atoms with van der Waals surface area (Å²) in [4.78, 5) is 0. The van der Waals surface area contributed by atoms with E-state index in [1.165, 1.54) is 25.7 Å². The molecule has 0 unspecified atom stereocenters. The topological polar surface area (TPSA) is 23.8 Å². The van der Waals surface area contributed by atoms with Gasteiger partial charge in [-0.15, -0.1) is 11.8 Å². The number of hydrogen-bond acceptors (Lipinski definition) is 1. The molecule has 0 aliphatic rings. The van der Waals surface area contributed by atoms with E-state index in [-0.39, 0.29) is 0 Å². The van der Waals surface area contributed by atoms with Gasteiger partial charge in [0.25, 0.3) is 0 Å². The Bertz CT molecular complexity index is 704. The number of unbranched alkanes of at least 4 members (excludes halogenated alkanes) is 6. The first-order valence-electron chi connectivity index (χ1n) is 10.3. The van der Waals surface area contributed by atoms with Gasteiger partial charge in [-0.25, -0.2) is 0 Å². The van der Waals surface area contributed by atoms with Crippen LogP contribution in [0.25, 0.3) is 0 Å². The molecule has 0 spiro atoms. The SMILES string of the molecule is CCCCCCC#CCCCCC(C#N)(c1ccccc1)c1ccccc1. The second kappa shape index (κ2) is 12.0. The van der Waals surface area contributed by atoms with Crippen molar-refractivity contribution in [2.75, 3.05) is 0 Å². The zero-order valence-electron chi connectivity index (χ0n) is 16.6. The van der Waals surface area contributed by atoms with E-state index < -0.39 is 5.41 Å². The van der Waals surface area contributed by atoms with Gasteiger partial charge in [0, 0.05) is 12.8 Å². The van der Waals surface area contributed by atoms with Gasteiger partial charge < -0.3 is 0 Å². The molecule has 0 saturated heterocycles. The number of hydrogen-bond donors (Lipinski definition) is 0. The third-order valence-corrected chi connectivity index (χ3v) is 5.11. The molecule has 2 aromatic carbocycles. The first-order valence-corrected chi connectivity index (χ1v) is 10.3. The normalized spacial score (nSPS) is 10.7. The van der Waals surface area contributed by atoms with Crippen LogP contribution in [-0.4, -0.2) is 0 Å². The summed E-state index contributed by atoms with van der Waals surface area (Å²) in [5.74, 6) is 6.62. The minimum absolute atomic E-state index is 0.573. The summed E-state index contributed by atoms with van der Waals surface area (Å²) in [6.45, 7) is 2.23. The van der Waals surface area contributed by atoms with Crippen LogP contribution in [0.5, 0.6) is 0 Å². The molecule has 0 aliphatic carbocycles. The van der Waals surface area contributed by atoms with Crippen LogP contribution in [0.3, 0.4) is 0 Å². The van der Waals surface area contributed by atoms with Gasteiger partial charge in [-0.3, -0.25) is 0 Å². The molecule has 0 heterocycles. The van der Waals surface area contributed by atoms with Gasteiger partial charge in [0.1, 0.15) is 5.41 Å². The maximum atomic E-state index is 10.1. The summed E-state index contributed by atoms with van der Waals surface area (Å²) in [5, 5.41) is 10.1. The molecule has 0 amide bonds. The van der Waals surface area contributed by atoms with E-state index in [9.17, 15) is 5.26 Å². The highest BCUT2D eigenvalue weighted by molar-refractivity contribution is 5.45. The zero-order chi connectivity index (χ0) is 19.2. The van der Waals surface area contributed by atoms with Crippen LogP contribution in [0.2, 0.25) is 0 Å². The molecule has 0 saturated carbocycles. The molecule has 140 valence electrons. The first kappa shape index (κ1) is 20.8. The molecule has 27 heavy (non-hydrogen) atoms.